The van der Waals surface area contributed by atoms with Gasteiger partial charge in [-0.2, -0.15) is 5.10 Å². The standard InChI is InChI=1S/C22H22BFN4O2/c1-30-20-5-4-19(23)18(21(20)24)11-26-22(29)17-10-27-28(13-17)12-14-2-3-15-6-7-25-9-16(15)8-14/h2-5,8,10,13,25H,6-7,9,11-12H2,1H3,(H,26,29). The Labute approximate surface area is 175 Å². The van der Waals surface area contributed by atoms with E-state index in [9.17, 15) is 9.18 Å². The highest BCUT2D eigenvalue weighted by Gasteiger charge is 2.15. The normalized spacial score (nSPS) is 13.0. The van der Waals surface area contributed by atoms with Gasteiger partial charge in [0.2, 0.25) is 0 Å². The summed E-state index contributed by atoms with van der Waals surface area (Å²) in [7, 11) is 7.22. The summed E-state index contributed by atoms with van der Waals surface area (Å²) in [4.78, 5) is 12.5. The molecule has 2 radical (unpaired) electrons. The van der Waals surface area contributed by atoms with E-state index in [1.165, 1.54) is 30.5 Å². The number of carbonyl (C=O) groups excluding carboxylic acids is 1. The highest BCUT2D eigenvalue weighted by Crippen LogP contribution is 2.19. The molecule has 30 heavy (non-hydrogen) atoms. The van der Waals surface area contributed by atoms with Crippen LogP contribution in [0.3, 0.4) is 0 Å². The van der Waals surface area contributed by atoms with Crippen molar-refractivity contribution >= 4 is 19.2 Å². The number of fused-ring (bicyclic) bond motifs is 1. The summed E-state index contributed by atoms with van der Waals surface area (Å²) in [6.45, 7) is 2.41. The van der Waals surface area contributed by atoms with Crippen molar-refractivity contribution in [3.8, 4) is 5.75 Å². The van der Waals surface area contributed by atoms with Gasteiger partial charge in [-0.25, -0.2) is 4.39 Å². The Morgan fingerprint density at radius 1 is 1.33 bits per heavy atom. The number of hydrogen-bond donors (Lipinski definition) is 2. The predicted octanol–water partition coefficient (Wildman–Crippen LogP) is 1.45. The maximum absolute atomic E-state index is 14.4. The minimum atomic E-state index is -0.574. The Kier molecular flexibility index (Phi) is 5.85. The fourth-order valence-corrected chi connectivity index (χ4v) is 3.61. The molecule has 2 heterocycles. The van der Waals surface area contributed by atoms with Gasteiger partial charge in [0, 0.05) is 24.8 Å². The lowest BCUT2D eigenvalue weighted by Crippen LogP contribution is -2.27. The van der Waals surface area contributed by atoms with Gasteiger partial charge in [0.15, 0.2) is 11.6 Å². The molecule has 0 saturated heterocycles. The van der Waals surface area contributed by atoms with Crippen molar-refractivity contribution in [2.75, 3.05) is 13.7 Å². The van der Waals surface area contributed by atoms with E-state index >= 15 is 0 Å². The number of nitrogens with one attached hydrogen (secondary N) is 2. The van der Waals surface area contributed by atoms with E-state index in [-0.39, 0.29) is 29.2 Å². The van der Waals surface area contributed by atoms with Crippen LogP contribution in [0.5, 0.6) is 5.75 Å². The first-order valence-electron chi connectivity index (χ1n) is 9.78. The molecule has 0 fully saturated rings. The van der Waals surface area contributed by atoms with Gasteiger partial charge in [-0.3, -0.25) is 9.48 Å². The number of hydrogen-bond acceptors (Lipinski definition) is 4. The van der Waals surface area contributed by atoms with E-state index in [0.717, 1.165) is 25.1 Å². The molecule has 3 aromatic rings. The number of ether oxygens (including phenoxy) is 1. The molecular formula is C22H22BFN4O2. The first-order chi connectivity index (χ1) is 14.5. The van der Waals surface area contributed by atoms with Crippen LogP contribution in [0.2, 0.25) is 0 Å². The van der Waals surface area contributed by atoms with Gasteiger partial charge in [0.1, 0.15) is 7.85 Å². The summed E-state index contributed by atoms with van der Waals surface area (Å²) in [5.74, 6) is -0.838. The van der Waals surface area contributed by atoms with Crippen LogP contribution in [-0.2, 0) is 26.1 Å². The van der Waals surface area contributed by atoms with Crippen molar-refractivity contribution in [3.63, 3.8) is 0 Å². The average Bonchev–Trinajstić information content (AvgIpc) is 3.22. The fraction of sp³-hybridized carbons (Fsp3) is 0.273. The van der Waals surface area contributed by atoms with Gasteiger partial charge in [0.05, 0.1) is 25.4 Å². The number of carbonyl (C=O) groups is 1. The number of benzene rings is 2. The van der Waals surface area contributed by atoms with Crippen LogP contribution in [0.25, 0.3) is 0 Å². The average molecular weight is 404 g/mol. The first-order valence-corrected chi connectivity index (χ1v) is 9.78. The summed E-state index contributed by atoms with van der Waals surface area (Å²) in [6, 6.07) is 9.44. The Morgan fingerprint density at radius 2 is 2.20 bits per heavy atom. The zero-order valence-electron chi connectivity index (χ0n) is 16.7. The molecule has 2 aromatic carbocycles. The molecule has 0 saturated carbocycles. The van der Waals surface area contributed by atoms with E-state index in [2.05, 4.69) is 33.9 Å². The molecule has 0 bridgehead atoms. The molecule has 0 unspecified atom stereocenters. The van der Waals surface area contributed by atoms with Gasteiger partial charge in [-0.05, 0) is 35.7 Å². The Hall–Kier alpha value is -3.13. The lowest BCUT2D eigenvalue weighted by atomic mass is 9.90. The third-order valence-corrected chi connectivity index (χ3v) is 5.29. The lowest BCUT2D eigenvalue weighted by Gasteiger charge is -2.17. The fourth-order valence-electron chi connectivity index (χ4n) is 3.61. The zero-order valence-corrected chi connectivity index (χ0v) is 16.7. The summed E-state index contributed by atoms with van der Waals surface area (Å²) in [5.41, 5.74) is 4.66. The summed E-state index contributed by atoms with van der Waals surface area (Å²) in [6.07, 6.45) is 4.22. The van der Waals surface area contributed by atoms with Crippen molar-refractivity contribution in [2.45, 2.75) is 26.1 Å². The minimum absolute atomic E-state index is 0.0449. The molecule has 1 aromatic heterocycles. The van der Waals surface area contributed by atoms with Crippen LogP contribution >= 0.6 is 0 Å². The van der Waals surface area contributed by atoms with Crippen LogP contribution < -0.4 is 20.8 Å². The van der Waals surface area contributed by atoms with E-state index in [4.69, 9.17) is 12.6 Å². The summed E-state index contributed by atoms with van der Waals surface area (Å²) in [5, 5.41) is 10.3. The molecule has 6 nitrogen and oxygen atoms in total. The Bertz CT molecular complexity index is 1080. The van der Waals surface area contributed by atoms with Gasteiger partial charge in [-0.15, -0.1) is 0 Å². The first kappa shape index (κ1) is 20.2. The molecule has 8 heteroatoms. The number of halogens is 1. The number of amides is 1. The number of methoxy groups -OCH3 is 1. The molecule has 152 valence electrons. The lowest BCUT2D eigenvalue weighted by molar-refractivity contribution is 0.0950. The monoisotopic (exact) mass is 404 g/mol. The van der Waals surface area contributed by atoms with Crippen LogP contribution in [0, 0.1) is 5.82 Å². The minimum Gasteiger partial charge on any atom is -0.494 e. The highest BCUT2D eigenvalue weighted by atomic mass is 19.1. The van der Waals surface area contributed by atoms with Gasteiger partial charge in [-0.1, -0.05) is 29.7 Å². The summed E-state index contributed by atoms with van der Waals surface area (Å²) < 4.78 is 21.1. The van der Waals surface area contributed by atoms with E-state index in [0.29, 0.717) is 12.1 Å². The van der Waals surface area contributed by atoms with E-state index < -0.39 is 5.82 Å². The third kappa shape index (κ3) is 4.23. The maximum atomic E-state index is 14.4. The maximum Gasteiger partial charge on any atom is 0.254 e. The second kappa shape index (κ2) is 8.71. The molecule has 1 aliphatic rings. The smallest absolute Gasteiger partial charge is 0.254 e. The van der Waals surface area contributed by atoms with Crippen molar-refractivity contribution in [2.24, 2.45) is 0 Å². The molecule has 1 aliphatic heterocycles. The SMILES string of the molecule is [B]c1ccc(OC)c(F)c1CNC(=O)c1cnn(Cc2ccc3c(c2)CNCC3)c1. The largest absolute Gasteiger partial charge is 0.494 e. The highest BCUT2D eigenvalue weighted by molar-refractivity contribution is 6.33. The number of aromatic nitrogens is 2. The van der Waals surface area contributed by atoms with E-state index in [1.807, 2.05) is 0 Å². The van der Waals surface area contributed by atoms with Crippen molar-refractivity contribution < 1.29 is 13.9 Å². The van der Waals surface area contributed by atoms with E-state index in [1.54, 1.807) is 16.9 Å². The topological polar surface area (TPSA) is 68.2 Å². The van der Waals surface area contributed by atoms with Gasteiger partial charge in [0.25, 0.3) is 5.91 Å². The molecule has 0 spiro atoms. The molecule has 1 amide bonds. The Morgan fingerprint density at radius 3 is 3.03 bits per heavy atom. The molecule has 2 N–H and O–H groups in total. The van der Waals surface area contributed by atoms with Gasteiger partial charge < -0.3 is 15.4 Å². The summed E-state index contributed by atoms with van der Waals surface area (Å²) >= 11 is 0. The van der Waals surface area contributed by atoms with Crippen molar-refractivity contribution in [3.05, 3.63) is 76.4 Å². The number of rotatable bonds is 6. The second-order valence-electron chi connectivity index (χ2n) is 7.29. The van der Waals surface area contributed by atoms with Crippen LogP contribution in [0.15, 0.2) is 42.7 Å². The number of nitrogens with zero attached hydrogens (tertiary/aromatic N) is 2. The Balaban J connectivity index is 1.41. The van der Waals surface area contributed by atoms with Crippen molar-refractivity contribution in [1.29, 1.82) is 0 Å². The van der Waals surface area contributed by atoms with Crippen LogP contribution in [-0.4, -0.2) is 37.2 Å². The third-order valence-electron chi connectivity index (χ3n) is 5.29. The molecule has 4 rings (SSSR count). The van der Waals surface area contributed by atoms with Crippen LogP contribution in [0.1, 0.15) is 32.6 Å². The second-order valence-corrected chi connectivity index (χ2v) is 7.29. The quantitative estimate of drug-likeness (QED) is 0.611. The molecular weight excluding hydrogens is 382 g/mol. The zero-order chi connectivity index (χ0) is 21.1. The van der Waals surface area contributed by atoms with Crippen LogP contribution in [0.4, 0.5) is 4.39 Å². The van der Waals surface area contributed by atoms with Gasteiger partial charge >= 0.3 is 0 Å². The molecule has 0 aliphatic carbocycles. The predicted molar refractivity (Wildman–Crippen MR) is 113 cm³/mol. The molecule has 0 atom stereocenters. The van der Waals surface area contributed by atoms with Crippen molar-refractivity contribution in [1.82, 2.24) is 20.4 Å².